The van der Waals surface area contributed by atoms with Gasteiger partial charge in [0.1, 0.15) is 5.69 Å². The van der Waals surface area contributed by atoms with Gasteiger partial charge in [0.2, 0.25) is 11.0 Å². The number of carbonyl (C=O) groups is 1. The van der Waals surface area contributed by atoms with Crippen molar-refractivity contribution in [1.82, 2.24) is 19.8 Å². The van der Waals surface area contributed by atoms with E-state index in [0.29, 0.717) is 30.8 Å². The number of aromatic nitrogens is 2. The van der Waals surface area contributed by atoms with Crippen molar-refractivity contribution in [3.05, 3.63) is 60.3 Å². The Morgan fingerprint density at radius 3 is 2.77 bits per heavy atom. The van der Waals surface area contributed by atoms with Crippen LogP contribution in [0.2, 0.25) is 0 Å². The molecule has 1 aliphatic rings. The van der Waals surface area contributed by atoms with Crippen LogP contribution in [0.1, 0.15) is 31.4 Å². The molecule has 2 atom stereocenters. The van der Waals surface area contributed by atoms with Crippen LogP contribution in [0.15, 0.2) is 64.2 Å². The summed E-state index contributed by atoms with van der Waals surface area (Å²) in [5.74, 6) is -0.139. The molecule has 2 aromatic heterocycles. The Bertz CT molecular complexity index is 1090. The van der Waals surface area contributed by atoms with Crippen molar-refractivity contribution in [1.29, 1.82) is 0 Å². The van der Waals surface area contributed by atoms with Gasteiger partial charge < -0.3 is 9.73 Å². The molecule has 0 saturated carbocycles. The number of nitrogens with one attached hydrogen (secondary N) is 2. The Hall–Kier alpha value is -2.91. The summed E-state index contributed by atoms with van der Waals surface area (Å²) in [7, 11) is -3.83. The lowest BCUT2D eigenvalue weighted by atomic mass is 9.98. The minimum absolute atomic E-state index is 0.134. The fourth-order valence-corrected chi connectivity index (χ4v) is 5.09. The van der Waals surface area contributed by atoms with Gasteiger partial charge in [-0.3, -0.25) is 9.89 Å². The van der Waals surface area contributed by atoms with Gasteiger partial charge in [-0.25, -0.2) is 8.42 Å². The smallest absolute Gasteiger partial charge is 0.276 e. The monoisotopic (exact) mass is 428 g/mol. The maximum absolute atomic E-state index is 13.1. The molecule has 0 spiro atoms. The Morgan fingerprint density at radius 2 is 2.03 bits per heavy atom. The number of piperidine rings is 1. The lowest BCUT2D eigenvalue weighted by molar-refractivity contribution is -0.126. The molecule has 9 heteroatoms. The van der Waals surface area contributed by atoms with E-state index in [4.69, 9.17) is 4.42 Å². The summed E-state index contributed by atoms with van der Waals surface area (Å²) < 4.78 is 33.0. The van der Waals surface area contributed by atoms with Gasteiger partial charge in [-0.15, -0.1) is 0 Å². The molecule has 3 heterocycles. The van der Waals surface area contributed by atoms with E-state index in [9.17, 15) is 13.2 Å². The highest BCUT2D eigenvalue weighted by atomic mass is 32.2. The number of amides is 1. The van der Waals surface area contributed by atoms with Crippen molar-refractivity contribution in [2.45, 2.75) is 30.9 Å². The van der Waals surface area contributed by atoms with E-state index in [1.54, 1.807) is 18.3 Å². The lowest BCUT2D eigenvalue weighted by Gasteiger charge is -2.31. The normalized spacial score (nSPS) is 18.8. The molecule has 4 rings (SSSR count). The van der Waals surface area contributed by atoms with E-state index in [-0.39, 0.29) is 23.6 Å². The number of rotatable bonds is 6. The van der Waals surface area contributed by atoms with E-state index < -0.39 is 15.9 Å². The van der Waals surface area contributed by atoms with Gasteiger partial charge in [-0.1, -0.05) is 30.3 Å². The number of hydrogen-bond donors (Lipinski definition) is 2. The topological polar surface area (TPSA) is 108 Å². The van der Waals surface area contributed by atoms with Crippen LogP contribution in [0.25, 0.3) is 11.5 Å². The molecule has 1 aliphatic heterocycles. The molecular formula is C21H24N4O4S. The van der Waals surface area contributed by atoms with E-state index in [2.05, 4.69) is 15.5 Å². The first-order valence-corrected chi connectivity index (χ1v) is 11.3. The summed E-state index contributed by atoms with van der Waals surface area (Å²) in [6.07, 6.45) is 2.83. The average molecular weight is 429 g/mol. The zero-order chi connectivity index (χ0) is 21.1. The van der Waals surface area contributed by atoms with Crippen molar-refractivity contribution < 1.29 is 17.6 Å². The molecule has 0 bridgehead atoms. The van der Waals surface area contributed by atoms with Gasteiger partial charge in [0.15, 0.2) is 5.76 Å². The Morgan fingerprint density at radius 1 is 1.23 bits per heavy atom. The minimum atomic E-state index is -3.83. The van der Waals surface area contributed by atoms with Gasteiger partial charge in [-0.2, -0.15) is 9.40 Å². The van der Waals surface area contributed by atoms with Crippen LogP contribution in [0.5, 0.6) is 0 Å². The predicted molar refractivity (Wildman–Crippen MR) is 111 cm³/mol. The van der Waals surface area contributed by atoms with Crippen LogP contribution in [0.3, 0.4) is 0 Å². The molecule has 1 amide bonds. The van der Waals surface area contributed by atoms with E-state index in [1.165, 1.54) is 10.4 Å². The number of aromatic amines is 1. The van der Waals surface area contributed by atoms with Crippen LogP contribution in [-0.4, -0.2) is 41.9 Å². The summed E-state index contributed by atoms with van der Waals surface area (Å²) in [6.45, 7) is 2.42. The maximum atomic E-state index is 13.1. The second kappa shape index (κ2) is 8.45. The molecule has 8 nitrogen and oxygen atoms in total. The van der Waals surface area contributed by atoms with Crippen LogP contribution < -0.4 is 5.32 Å². The summed E-state index contributed by atoms with van der Waals surface area (Å²) >= 11 is 0. The standard InChI is InChI=1S/C21H24N4O4S/c1-15(16-6-3-2-4-7-16)23-21(26)17-8-5-13-25(14-17)30(27,28)20-10-9-19(29-20)18-11-12-22-24-18/h2-4,6-7,9-12,15,17H,5,8,13-14H2,1H3,(H,22,24)(H,23,26)/t15-,17+/m1/s1. The molecule has 30 heavy (non-hydrogen) atoms. The maximum Gasteiger partial charge on any atom is 0.276 e. The van der Waals surface area contributed by atoms with Crippen molar-refractivity contribution in [2.24, 2.45) is 5.92 Å². The zero-order valence-electron chi connectivity index (χ0n) is 16.6. The van der Waals surface area contributed by atoms with Crippen molar-refractivity contribution in [2.75, 3.05) is 13.1 Å². The third-order valence-corrected chi connectivity index (χ3v) is 7.09. The third kappa shape index (κ3) is 4.17. The molecule has 0 radical (unpaired) electrons. The van der Waals surface area contributed by atoms with Crippen LogP contribution in [0.4, 0.5) is 0 Å². The molecular weight excluding hydrogens is 404 g/mol. The molecule has 1 aromatic carbocycles. The molecule has 3 aromatic rings. The summed E-state index contributed by atoms with van der Waals surface area (Å²) in [4.78, 5) is 12.8. The average Bonchev–Trinajstić information content (AvgIpc) is 3.46. The van der Waals surface area contributed by atoms with Crippen molar-refractivity contribution in [3.63, 3.8) is 0 Å². The predicted octanol–water partition coefficient (Wildman–Crippen LogP) is 2.95. The zero-order valence-corrected chi connectivity index (χ0v) is 17.4. The fraction of sp³-hybridized carbons (Fsp3) is 0.333. The SMILES string of the molecule is C[C@@H](NC(=O)[C@H]1CCCN(S(=O)(=O)c2ccc(-c3ccn[nH]3)o2)C1)c1ccccc1. The largest absolute Gasteiger partial charge is 0.442 e. The summed E-state index contributed by atoms with van der Waals surface area (Å²) in [5.41, 5.74) is 1.61. The van der Waals surface area contributed by atoms with E-state index in [0.717, 1.165) is 5.56 Å². The van der Waals surface area contributed by atoms with Crippen LogP contribution in [0, 0.1) is 5.92 Å². The molecule has 2 N–H and O–H groups in total. The number of benzene rings is 1. The number of H-pyrrole nitrogens is 1. The number of hydrogen-bond acceptors (Lipinski definition) is 5. The first kappa shape index (κ1) is 20.4. The highest BCUT2D eigenvalue weighted by Crippen LogP contribution is 2.28. The first-order chi connectivity index (χ1) is 14.4. The second-order valence-electron chi connectivity index (χ2n) is 7.43. The number of furan rings is 1. The Balaban J connectivity index is 1.44. The van der Waals surface area contributed by atoms with Gasteiger partial charge in [0.25, 0.3) is 10.0 Å². The first-order valence-electron chi connectivity index (χ1n) is 9.90. The molecule has 158 valence electrons. The van der Waals surface area contributed by atoms with Gasteiger partial charge in [0.05, 0.1) is 12.0 Å². The second-order valence-corrected chi connectivity index (χ2v) is 9.30. The number of carbonyl (C=O) groups excluding carboxylic acids is 1. The fourth-order valence-electron chi connectivity index (χ4n) is 3.65. The highest BCUT2D eigenvalue weighted by molar-refractivity contribution is 7.89. The molecule has 0 unspecified atom stereocenters. The molecule has 1 fully saturated rings. The summed E-state index contributed by atoms with van der Waals surface area (Å²) in [6, 6.07) is 14.3. The van der Waals surface area contributed by atoms with Crippen molar-refractivity contribution >= 4 is 15.9 Å². The molecule has 0 aliphatic carbocycles. The van der Waals surface area contributed by atoms with Crippen LogP contribution >= 0.6 is 0 Å². The Labute approximate surface area is 175 Å². The minimum Gasteiger partial charge on any atom is -0.442 e. The summed E-state index contributed by atoms with van der Waals surface area (Å²) in [5, 5.41) is 9.46. The van der Waals surface area contributed by atoms with E-state index >= 15 is 0 Å². The van der Waals surface area contributed by atoms with Crippen molar-refractivity contribution in [3.8, 4) is 11.5 Å². The number of sulfonamides is 1. The highest BCUT2D eigenvalue weighted by Gasteiger charge is 2.35. The van der Waals surface area contributed by atoms with E-state index in [1.807, 2.05) is 37.3 Å². The quantitative estimate of drug-likeness (QED) is 0.628. The lowest BCUT2D eigenvalue weighted by Crippen LogP contribution is -2.45. The van der Waals surface area contributed by atoms with Gasteiger partial charge in [0, 0.05) is 19.3 Å². The Kier molecular flexibility index (Phi) is 5.74. The molecule has 1 saturated heterocycles. The third-order valence-electron chi connectivity index (χ3n) is 5.35. The van der Waals surface area contributed by atoms with Crippen LogP contribution in [-0.2, 0) is 14.8 Å². The van der Waals surface area contributed by atoms with Gasteiger partial charge in [-0.05, 0) is 43.5 Å². The van der Waals surface area contributed by atoms with Gasteiger partial charge >= 0.3 is 0 Å². The number of nitrogens with zero attached hydrogens (tertiary/aromatic N) is 2.